The summed E-state index contributed by atoms with van der Waals surface area (Å²) in [6.07, 6.45) is 0. The van der Waals surface area contributed by atoms with Gasteiger partial charge in [-0.15, -0.1) is 0 Å². The fraction of sp³-hybridized carbons (Fsp3) is 0.154. The second-order valence-corrected chi connectivity index (χ2v) is 4.60. The van der Waals surface area contributed by atoms with Crippen LogP contribution < -0.4 is 16.2 Å². The number of nitrogens with zero attached hydrogens (tertiary/aromatic N) is 2. The topological polar surface area (TPSA) is 75.0 Å². The van der Waals surface area contributed by atoms with Crippen LogP contribution in [0.25, 0.3) is 0 Å². The molecular weight excluding hydrogens is 260 g/mol. The number of hydrogen-bond acceptors (Lipinski definition) is 4. The molecule has 0 saturated carbocycles. The first-order valence-electron chi connectivity index (χ1n) is 5.69. The predicted octanol–water partition coefficient (Wildman–Crippen LogP) is 1.48. The Morgan fingerprint density at radius 1 is 1.37 bits per heavy atom. The van der Waals surface area contributed by atoms with Crippen LogP contribution in [0.15, 0.2) is 35.1 Å². The predicted molar refractivity (Wildman–Crippen MR) is 80.0 cm³/mol. The van der Waals surface area contributed by atoms with E-state index in [1.165, 1.54) is 6.07 Å². The Hall–Kier alpha value is -2.21. The van der Waals surface area contributed by atoms with Gasteiger partial charge in [0, 0.05) is 24.4 Å². The standard InChI is InChI=1S/C13H14N4OS/c1-8-15-11(7-12(18)16-8)17(2)10-5-3-9(4-6-10)13(14)19/h3-7H,1-2H3,(H2,14,19)(H,15,16,18). The summed E-state index contributed by atoms with van der Waals surface area (Å²) in [6.45, 7) is 1.74. The highest BCUT2D eigenvalue weighted by atomic mass is 32.1. The van der Waals surface area contributed by atoms with E-state index >= 15 is 0 Å². The fourth-order valence-corrected chi connectivity index (χ4v) is 1.85. The van der Waals surface area contributed by atoms with E-state index in [2.05, 4.69) is 9.97 Å². The molecule has 6 heteroatoms. The van der Waals surface area contributed by atoms with Gasteiger partial charge in [0.15, 0.2) is 0 Å². The highest BCUT2D eigenvalue weighted by molar-refractivity contribution is 7.80. The SMILES string of the molecule is Cc1nc(N(C)c2ccc(C(N)=S)cc2)cc(=O)[nH]1. The molecule has 98 valence electrons. The van der Waals surface area contributed by atoms with Crippen LogP contribution in [0.4, 0.5) is 11.5 Å². The number of anilines is 2. The molecule has 0 atom stereocenters. The molecule has 2 rings (SSSR count). The summed E-state index contributed by atoms with van der Waals surface area (Å²) in [4.78, 5) is 20.5. The van der Waals surface area contributed by atoms with Crippen LogP contribution in [0.5, 0.6) is 0 Å². The number of nitrogens with one attached hydrogen (secondary N) is 1. The third-order valence-electron chi connectivity index (χ3n) is 2.73. The lowest BCUT2D eigenvalue weighted by molar-refractivity contribution is 0.987. The van der Waals surface area contributed by atoms with Gasteiger partial charge in [-0.1, -0.05) is 12.2 Å². The minimum absolute atomic E-state index is 0.172. The van der Waals surface area contributed by atoms with Crippen LogP contribution in [0.1, 0.15) is 11.4 Å². The minimum atomic E-state index is -0.172. The first-order valence-corrected chi connectivity index (χ1v) is 6.10. The van der Waals surface area contributed by atoms with Crippen LogP contribution in [-0.2, 0) is 0 Å². The van der Waals surface area contributed by atoms with Gasteiger partial charge in [-0.3, -0.25) is 4.79 Å². The molecule has 0 bridgehead atoms. The third kappa shape index (κ3) is 2.97. The highest BCUT2D eigenvalue weighted by Gasteiger charge is 2.07. The summed E-state index contributed by atoms with van der Waals surface area (Å²) in [7, 11) is 1.84. The van der Waals surface area contributed by atoms with Crippen LogP contribution in [0, 0.1) is 6.92 Å². The summed E-state index contributed by atoms with van der Waals surface area (Å²) < 4.78 is 0. The first kappa shape index (κ1) is 13.2. The summed E-state index contributed by atoms with van der Waals surface area (Å²) in [6, 6.07) is 8.90. The molecular formula is C13H14N4OS. The van der Waals surface area contributed by atoms with Crippen molar-refractivity contribution in [3.63, 3.8) is 0 Å². The molecule has 0 radical (unpaired) electrons. The van der Waals surface area contributed by atoms with Crippen molar-refractivity contribution in [1.82, 2.24) is 9.97 Å². The van der Waals surface area contributed by atoms with Gasteiger partial charge < -0.3 is 15.6 Å². The van der Waals surface area contributed by atoms with Crippen molar-refractivity contribution in [2.24, 2.45) is 5.73 Å². The van der Waals surface area contributed by atoms with Gasteiger partial charge in [0.2, 0.25) is 0 Å². The monoisotopic (exact) mass is 274 g/mol. The van der Waals surface area contributed by atoms with E-state index in [9.17, 15) is 4.79 Å². The maximum Gasteiger partial charge on any atom is 0.252 e. The lowest BCUT2D eigenvalue weighted by Gasteiger charge is -2.18. The summed E-state index contributed by atoms with van der Waals surface area (Å²) in [5.41, 5.74) is 7.09. The Kier molecular flexibility index (Phi) is 3.62. The Morgan fingerprint density at radius 3 is 2.53 bits per heavy atom. The van der Waals surface area contributed by atoms with Gasteiger partial charge in [0.05, 0.1) is 0 Å². The maximum atomic E-state index is 11.4. The van der Waals surface area contributed by atoms with Crippen molar-refractivity contribution in [3.8, 4) is 0 Å². The normalized spacial score (nSPS) is 10.2. The molecule has 19 heavy (non-hydrogen) atoms. The number of benzene rings is 1. The molecule has 0 aliphatic carbocycles. The van der Waals surface area contributed by atoms with Crippen molar-refractivity contribution in [1.29, 1.82) is 0 Å². The van der Waals surface area contributed by atoms with E-state index < -0.39 is 0 Å². The third-order valence-corrected chi connectivity index (χ3v) is 2.97. The van der Waals surface area contributed by atoms with E-state index in [4.69, 9.17) is 18.0 Å². The largest absolute Gasteiger partial charge is 0.389 e. The van der Waals surface area contributed by atoms with Crippen molar-refractivity contribution in [2.45, 2.75) is 6.92 Å². The number of aromatic nitrogens is 2. The maximum absolute atomic E-state index is 11.4. The first-order chi connectivity index (χ1) is 8.97. The van der Waals surface area contributed by atoms with E-state index in [1.54, 1.807) is 6.92 Å². The number of hydrogen-bond donors (Lipinski definition) is 2. The second-order valence-electron chi connectivity index (χ2n) is 4.16. The van der Waals surface area contributed by atoms with Gasteiger partial charge in [-0.05, 0) is 31.2 Å². The molecule has 0 aliphatic heterocycles. The van der Waals surface area contributed by atoms with Crippen LogP contribution in [-0.4, -0.2) is 22.0 Å². The number of thiocarbonyl (C=S) groups is 1. The Labute approximate surface area is 116 Å². The zero-order valence-electron chi connectivity index (χ0n) is 10.7. The van der Waals surface area contributed by atoms with Crippen molar-refractivity contribution in [3.05, 3.63) is 52.1 Å². The number of rotatable bonds is 3. The average molecular weight is 274 g/mol. The Balaban J connectivity index is 2.35. The lowest BCUT2D eigenvalue weighted by Crippen LogP contribution is -2.17. The Bertz CT molecular complexity index is 663. The smallest absolute Gasteiger partial charge is 0.252 e. The number of H-pyrrole nitrogens is 1. The Morgan fingerprint density at radius 2 is 2.00 bits per heavy atom. The van der Waals surface area contributed by atoms with Crippen LogP contribution in [0.3, 0.4) is 0 Å². The summed E-state index contributed by atoms with van der Waals surface area (Å²) >= 11 is 4.91. The van der Waals surface area contributed by atoms with Gasteiger partial charge >= 0.3 is 0 Å². The zero-order chi connectivity index (χ0) is 14.0. The van der Waals surface area contributed by atoms with Gasteiger partial charge in [-0.25, -0.2) is 4.98 Å². The number of nitrogens with two attached hydrogens (primary N) is 1. The molecule has 2 aromatic rings. The van der Waals surface area contributed by atoms with E-state index in [1.807, 2.05) is 36.2 Å². The molecule has 0 fully saturated rings. The fourth-order valence-electron chi connectivity index (χ4n) is 1.72. The molecule has 1 heterocycles. The molecule has 0 amide bonds. The van der Waals surface area contributed by atoms with Crippen molar-refractivity contribution in [2.75, 3.05) is 11.9 Å². The minimum Gasteiger partial charge on any atom is -0.389 e. The van der Waals surface area contributed by atoms with Crippen molar-refractivity contribution < 1.29 is 0 Å². The second kappa shape index (κ2) is 5.19. The average Bonchev–Trinajstić information content (AvgIpc) is 2.37. The van der Waals surface area contributed by atoms with Crippen LogP contribution >= 0.6 is 12.2 Å². The van der Waals surface area contributed by atoms with Gasteiger partial charge in [0.25, 0.3) is 5.56 Å². The summed E-state index contributed by atoms with van der Waals surface area (Å²) in [5, 5.41) is 0. The zero-order valence-corrected chi connectivity index (χ0v) is 11.5. The number of aryl methyl sites for hydroxylation is 1. The summed E-state index contributed by atoms with van der Waals surface area (Å²) in [5.74, 6) is 1.17. The molecule has 0 saturated heterocycles. The molecule has 0 unspecified atom stereocenters. The number of aromatic amines is 1. The van der Waals surface area contributed by atoms with E-state index in [-0.39, 0.29) is 5.56 Å². The van der Waals surface area contributed by atoms with Crippen molar-refractivity contribution >= 4 is 28.7 Å². The van der Waals surface area contributed by atoms with Gasteiger partial charge in [0.1, 0.15) is 16.6 Å². The quantitative estimate of drug-likeness (QED) is 0.829. The van der Waals surface area contributed by atoms with E-state index in [0.29, 0.717) is 16.6 Å². The molecule has 3 N–H and O–H groups in total. The molecule has 0 aliphatic rings. The molecule has 5 nitrogen and oxygen atoms in total. The lowest BCUT2D eigenvalue weighted by atomic mass is 10.2. The molecule has 1 aromatic carbocycles. The van der Waals surface area contributed by atoms with Gasteiger partial charge in [-0.2, -0.15) is 0 Å². The molecule has 1 aromatic heterocycles. The van der Waals surface area contributed by atoms with E-state index in [0.717, 1.165) is 11.3 Å². The molecule has 0 spiro atoms. The highest BCUT2D eigenvalue weighted by Crippen LogP contribution is 2.20. The van der Waals surface area contributed by atoms with Crippen LogP contribution in [0.2, 0.25) is 0 Å².